The van der Waals surface area contributed by atoms with Crippen LogP contribution in [0.3, 0.4) is 0 Å². The fourth-order valence-electron chi connectivity index (χ4n) is 2.41. The van der Waals surface area contributed by atoms with E-state index in [0.29, 0.717) is 6.54 Å². The van der Waals surface area contributed by atoms with Crippen molar-refractivity contribution in [1.29, 1.82) is 0 Å². The van der Waals surface area contributed by atoms with Crippen molar-refractivity contribution in [3.05, 3.63) is 0 Å². The van der Waals surface area contributed by atoms with Crippen LogP contribution >= 0.6 is 0 Å². The number of aliphatic hydroxyl groups is 1. The molecule has 1 aliphatic rings. The number of ether oxygens (including phenoxy) is 1. The SMILES string of the molecule is COCCCCCNC(=O)NC1(CO)CCCC1. The lowest BCUT2D eigenvalue weighted by molar-refractivity contribution is 0.162. The zero-order chi connectivity index (χ0) is 13.3. The molecule has 0 heterocycles. The molecule has 18 heavy (non-hydrogen) atoms. The lowest BCUT2D eigenvalue weighted by atomic mass is 9.99. The second-order valence-corrected chi connectivity index (χ2v) is 5.08. The molecule has 0 atom stereocenters. The molecule has 3 N–H and O–H groups in total. The number of carbonyl (C=O) groups is 1. The lowest BCUT2D eigenvalue weighted by Gasteiger charge is -2.27. The van der Waals surface area contributed by atoms with E-state index < -0.39 is 0 Å². The van der Waals surface area contributed by atoms with Gasteiger partial charge < -0.3 is 20.5 Å². The average molecular weight is 258 g/mol. The first-order valence-electron chi connectivity index (χ1n) is 6.88. The maximum Gasteiger partial charge on any atom is 0.315 e. The summed E-state index contributed by atoms with van der Waals surface area (Å²) in [4.78, 5) is 11.7. The number of rotatable bonds is 8. The smallest absolute Gasteiger partial charge is 0.315 e. The third kappa shape index (κ3) is 5.23. The van der Waals surface area contributed by atoms with Crippen LogP contribution in [0.2, 0.25) is 0 Å². The number of unbranched alkanes of at least 4 members (excludes halogenated alkanes) is 2. The monoisotopic (exact) mass is 258 g/mol. The van der Waals surface area contributed by atoms with Crippen molar-refractivity contribution in [3.63, 3.8) is 0 Å². The van der Waals surface area contributed by atoms with E-state index in [9.17, 15) is 9.90 Å². The summed E-state index contributed by atoms with van der Waals surface area (Å²) in [6.07, 6.45) is 6.97. The topological polar surface area (TPSA) is 70.6 Å². The Hall–Kier alpha value is -0.810. The van der Waals surface area contributed by atoms with Gasteiger partial charge in [0.2, 0.25) is 0 Å². The number of nitrogens with one attached hydrogen (secondary N) is 2. The van der Waals surface area contributed by atoms with E-state index in [2.05, 4.69) is 10.6 Å². The highest BCUT2D eigenvalue weighted by molar-refractivity contribution is 5.74. The van der Waals surface area contributed by atoms with E-state index in [0.717, 1.165) is 51.6 Å². The summed E-state index contributed by atoms with van der Waals surface area (Å²) < 4.78 is 4.96. The molecule has 1 rings (SSSR count). The van der Waals surface area contributed by atoms with Crippen LogP contribution < -0.4 is 10.6 Å². The molecule has 2 amide bonds. The van der Waals surface area contributed by atoms with Crippen molar-refractivity contribution in [1.82, 2.24) is 10.6 Å². The summed E-state index contributed by atoms with van der Waals surface area (Å²) in [5.41, 5.74) is -0.375. The largest absolute Gasteiger partial charge is 0.394 e. The molecular weight excluding hydrogens is 232 g/mol. The molecule has 0 spiro atoms. The van der Waals surface area contributed by atoms with Crippen LogP contribution in [0.5, 0.6) is 0 Å². The molecule has 0 saturated heterocycles. The van der Waals surface area contributed by atoms with Gasteiger partial charge in [-0.25, -0.2) is 4.79 Å². The molecule has 0 unspecified atom stereocenters. The van der Waals surface area contributed by atoms with E-state index in [-0.39, 0.29) is 18.2 Å². The van der Waals surface area contributed by atoms with Crippen molar-refractivity contribution in [2.45, 2.75) is 50.5 Å². The Morgan fingerprint density at radius 3 is 2.61 bits per heavy atom. The molecule has 5 nitrogen and oxygen atoms in total. The quantitative estimate of drug-likeness (QED) is 0.576. The minimum Gasteiger partial charge on any atom is -0.394 e. The van der Waals surface area contributed by atoms with Crippen molar-refractivity contribution in [2.24, 2.45) is 0 Å². The van der Waals surface area contributed by atoms with E-state index in [1.807, 2.05) is 0 Å². The number of amides is 2. The van der Waals surface area contributed by atoms with Crippen LogP contribution in [0.15, 0.2) is 0 Å². The minimum absolute atomic E-state index is 0.0360. The third-order valence-electron chi connectivity index (χ3n) is 3.55. The Morgan fingerprint density at radius 1 is 1.28 bits per heavy atom. The number of carbonyl (C=O) groups excluding carboxylic acids is 1. The molecule has 0 aromatic carbocycles. The van der Waals surface area contributed by atoms with Crippen LogP contribution in [0.25, 0.3) is 0 Å². The molecule has 0 aromatic rings. The maximum absolute atomic E-state index is 11.7. The van der Waals surface area contributed by atoms with Crippen LogP contribution in [0.4, 0.5) is 4.79 Å². The van der Waals surface area contributed by atoms with Crippen molar-refractivity contribution in [3.8, 4) is 0 Å². The Morgan fingerprint density at radius 2 is 2.00 bits per heavy atom. The van der Waals surface area contributed by atoms with E-state index in [1.165, 1.54) is 0 Å². The second-order valence-electron chi connectivity index (χ2n) is 5.08. The Labute approximate surface area is 109 Å². The van der Waals surface area contributed by atoms with Gasteiger partial charge in [-0.15, -0.1) is 0 Å². The highest BCUT2D eigenvalue weighted by atomic mass is 16.5. The highest BCUT2D eigenvalue weighted by Gasteiger charge is 2.34. The summed E-state index contributed by atoms with van der Waals surface area (Å²) in [6, 6.07) is -0.155. The minimum atomic E-state index is -0.375. The third-order valence-corrected chi connectivity index (χ3v) is 3.55. The highest BCUT2D eigenvalue weighted by Crippen LogP contribution is 2.28. The molecule has 5 heteroatoms. The Bertz CT molecular complexity index is 240. The van der Waals surface area contributed by atoms with Gasteiger partial charge in [0, 0.05) is 20.3 Å². The molecular formula is C13H26N2O3. The average Bonchev–Trinajstić information content (AvgIpc) is 2.83. The molecule has 0 radical (unpaired) electrons. The number of methoxy groups -OCH3 is 1. The van der Waals surface area contributed by atoms with Crippen LogP contribution in [0.1, 0.15) is 44.9 Å². The number of hydrogen-bond donors (Lipinski definition) is 3. The standard InChI is InChI=1S/C13H26N2O3/c1-18-10-6-2-5-9-14-12(17)15-13(11-16)7-3-4-8-13/h16H,2-11H2,1H3,(H2,14,15,17). The van der Waals surface area contributed by atoms with Gasteiger partial charge in [-0.1, -0.05) is 12.8 Å². The summed E-state index contributed by atoms with van der Waals surface area (Å²) in [6.45, 7) is 1.49. The molecule has 0 bridgehead atoms. The first kappa shape index (κ1) is 15.2. The predicted octanol–water partition coefficient (Wildman–Crippen LogP) is 1.41. The van der Waals surface area contributed by atoms with Gasteiger partial charge in [-0.05, 0) is 32.1 Å². The number of aliphatic hydroxyl groups excluding tert-OH is 1. The van der Waals surface area contributed by atoms with Crippen molar-refractivity contribution < 1.29 is 14.6 Å². The maximum atomic E-state index is 11.7. The predicted molar refractivity (Wildman–Crippen MR) is 70.5 cm³/mol. The zero-order valence-corrected chi connectivity index (χ0v) is 11.3. The fourth-order valence-corrected chi connectivity index (χ4v) is 2.41. The molecule has 0 aliphatic heterocycles. The summed E-state index contributed by atoms with van der Waals surface area (Å²) in [5, 5.41) is 15.1. The molecule has 0 aromatic heterocycles. The summed E-state index contributed by atoms with van der Waals surface area (Å²) >= 11 is 0. The Kier molecular flexibility index (Phi) is 7.05. The molecule has 1 saturated carbocycles. The van der Waals surface area contributed by atoms with Gasteiger partial charge in [0.15, 0.2) is 0 Å². The number of urea groups is 1. The van der Waals surface area contributed by atoms with Gasteiger partial charge in [-0.2, -0.15) is 0 Å². The van der Waals surface area contributed by atoms with Gasteiger partial charge in [-0.3, -0.25) is 0 Å². The zero-order valence-electron chi connectivity index (χ0n) is 11.3. The first-order valence-corrected chi connectivity index (χ1v) is 6.88. The van der Waals surface area contributed by atoms with Crippen LogP contribution in [0, 0.1) is 0 Å². The lowest BCUT2D eigenvalue weighted by Crippen LogP contribution is -2.52. The van der Waals surface area contributed by atoms with Crippen molar-refractivity contribution >= 4 is 6.03 Å². The van der Waals surface area contributed by atoms with E-state index in [1.54, 1.807) is 7.11 Å². The normalized spacial score (nSPS) is 17.7. The first-order chi connectivity index (χ1) is 8.72. The Balaban J connectivity index is 2.09. The molecule has 106 valence electrons. The molecule has 1 aliphatic carbocycles. The van der Waals surface area contributed by atoms with E-state index in [4.69, 9.17) is 4.74 Å². The van der Waals surface area contributed by atoms with Crippen LogP contribution in [-0.4, -0.2) is 43.5 Å². The van der Waals surface area contributed by atoms with Gasteiger partial charge >= 0.3 is 6.03 Å². The second kappa shape index (κ2) is 8.32. The van der Waals surface area contributed by atoms with Gasteiger partial charge in [0.1, 0.15) is 0 Å². The van der Waals surface area contributed by atoms with E-state index >= 15 is 0 Å². The van der Waals surface area contributed by atoms with Gasteiger partial charge in [0.05, 0.1) is 12.1 Å². The molecule has 1 fully saturated rings. The van der Waals surface area contributed by atoms with Crippen LogP contribution in [-0.2, 0) is 4.74 Å². The summed E-state index contributed by atoms with van der Waals surface area (Å²) in [5.74, 6) is 0. The number of hydrogen-bond acceptors (Lipinski definition) is 3. The summed E-state index contributed by atoms with van der Waals surface area (Å²) in [7, 11) is 1.70. The fraction of sp³-hybridized carbons (Fsp3) is 0.923. The van der Waals surface area contributed by atoms with Crippen molar-refractivity contribution in [2.75, 3.05) is 26.9 Å². The van der Waals surface area contributed by atoms with Gasteiger partial charge in [0.25, 0.3) is 0 Å².